The van der Waals surface area contributed by atoms with Crippen LogP contribution in [-0.2, 0) is 0 Å². The molecule has 0 N–H and O–H groups in total. The van der Waals surface area contributed by atoms with Gasteiger partial charge >= 0.3 is 0 Å². The molecule has 0 amide bonds. The largest absolute Gasteiger partial charge is 0.0775 e. The Morgan fingerprint density at radius 2 is 1.04 bits per heavy atom. The van der Waals surface area contributed by atoms with Crippen LogP contribution in [0.15, 0.2) is 91.0 Å². The summed E-state index contributed by atoms with van der Waals surface area (Å²) >= 11 is 0. The monoisotopic (exact) mass is 352 g/mol. The van der Waals surface area contributed by atoms with E-state index in [1.165, 1.54) is 38.2 Å². The van der Waals surface area contributed by atoms with Crippen LogP contribution in [0.4, 0.5) is 0 Å². The van der Waals surface area contributed by atoms with Crippen LogP contribution in [0.3, 0.4) is 0 Å². The van der Waals surface area contributed by atoms with Gasteiger partial charge in [0.05, 0.1) is 8.07 Å². The van der Waals surface area contributed by atoms with Gasteiger partial charge in [0.2, 0.25) is 0 Å². The standard InChI is InChI=1S/C25H24Si/c1-26(2,3)23-17-15-20(16-18-23)19-11-13-22(14-12-19)25-10-6-8-21-7-4-5-9-24(21)25/h4-18H,1-3H3. The highest BCUT2D eigenvalue weighted by atomic mass is 28.3. The van der Waals surface area contributed by atoms with Gasteiger partial charge < -0.3 is 0 Å². The molecule has 1 heteroatoms. The van der Waals surface area contributed by atoms with Gasteiger partial charge in [0.25, 0.3) is 0 Å². The Kier molecular flexibility index (Phi) is 4.26. The van der Waals surface area contributed by atoms with E-state index >= 15 is 0 Å². The quantitative estimate of drug-likeness (QED) is 0.359. The average Bonchev–Trinajstić information content (AvgIpc) is 2.67. The normalized spacial score (nSPS) is 11.7. The zero-order valence-corrected chi connectivity index (χ0v) is 16.7. The molecule has 0 nitrogen and oxygen atoms in total. The Labute approximate surface area is 157 Å². The summed E-state index contributed by atoms with van der Waals surface area (Å²) in [4.78, 5) is 0. The molecule has 4 aromatic rings. The first-order valence-corrected chi connectivity index (χ1v) is 12.7. The topological polar surface area (TPSA) is 0 Å². The molecule has 0 saturated carbocycles. The second-order valence-corrected chi connectivity index (χ2v) is 13.0. The van der Waals surface area contributed by atoms with E-state index in [2.05, 4.69) is 111 Å². The Hall–Kier alpha value is -2.64. The van der Waals surface area contributed by atoms with Crippen LogP contribution >= 0.6 is 0 Å². The van der Waals surface area contributed by atoms with Crippen molar-refractivity contribution in [1.29, 1.82) is 0 Å². The molecular weight excluding hydrogens is 328 g/mol. The van der Waals surface area contributed by atoms with E-state index in [0.717, 1.165) is 0 Å². The second-order valence-electron chi connectivity index (χ2n) is 7.93. The van der Waals surface area contributed by atoms with Crippen molar-refractivity contribution in [1.82, 2.24) is 0 Å². The SMILES string of the molecule is C[Si](C)(C)c1ccc(-c2ccc(-c3cccc4ccccc34)cc2)cc1. The first-order valence-electron chi connectivity index (χ1n) is 9.21. The van der Waals surface area contributed by atoms with Crippen LogP contribution in [0.1, 0.15) is 0 Å². The lowest BCUT2D eigenvalue weighted by Crippen LogP contribution is -2.37. The van der Waals surface area contributed by atoms with Crippen LogP contribution in [0.25, 0.3) is 33.0 Å². The van der Waals surface area contributed by atoms with Crippen molar-refractivity contribution >= 4 is 24.0 Å². The van der Waals surface area contributed by atoms with E-state index in [9.17, 15) is 0 Å². The number of fused-ring (bicyclic) bond motifs is 1. The molecule has 0 atom stereocenters. The molecular formula is C25H24Si. The summed E-state index contributed by atoms with van der Waals surface area (Å²) < 4.78 is 0. The molecule has 0 unspecified atom stereocenters. The fourth-order valence-corrected chi connectivity index (χ4v) is 4.65. The summed E-state index contributed by atoms with van der Waals surface area (Å²) in [5, 5.41) is 4.10. The van der Waals surface area contributed by atoms with E-state index in [0.29, 0.717) is 0 Å². The Balaban J connectivity index is 1.69. The zero-order valence-electron chi connectivity index (χ0n) is 15.7. The first-order chi connectivity index (χ1) is 12.5. The summed E-state index contributed by atoms with van der Waals surface area (Å²) in [6.45, 7) is 7.17. The molecule has 0 radical (unpaired) electrons. The summed E-state index contributed by atoms with van der Waals surface area (Å²) in [5.41, 5.74) is 5.13. The van der Waals surface area contributed by atoms with Crippen LogP contribution < -0.4 is 5.19 Å². The van der Waals surface area contributed by atoms with Gasteiger partial charge in [0.15, 0.2) is 0 Å². The summed E-state index contributed by atoms with van der Waals surface area (Å²) in [6, 6.07) is 33.2. The Morgan fingerprint density at radius 1 is 0.500 bits per heavy atom. The van der Waals surface area contributed by atoms with Gasteiger partial charge in [0, 0.05) is 0 Å². The van der Waals surface area contributed by atoms with E-state index in [-0.39, 0.29) is 0 Å². The summed E-state index contributed by atoms with van der Waals surface area (Å²) in [5.74, 6) is 0. The van der Waals surface area contributed by atoms with Crippen LogP contribution in [0.5, 0.6) is 0 Å². The van der Waals surface area contributed by atoms with E-state index in [4.69, 9.17) is 0 Å². The van der Waals surface area contributed by atoms with Crippen molar-refractivity contribution < 1.29 is 0 Å². The number of hydrogen-bond donors (Lipinski definition) is 0. The number of hydrogen-bond acceptors (Lipinski definition) is 0. The van der Waals surface area contributed by atoms with Crippen molar-refractivity contribution in [2.45, 2.75) is 19.6 Å². The molecule has 0 bridgehead atoms. The molecule has 0 saturated heterocycles. The van der Waals surface area contributed by atoms with Gasteiger partial charge in [-0.25, -0.2) is 0 Å². The van der Waals surface area contributed by atoms with E-state index < -0.39 is 8.07 Å². The average molecular weight is 353 g/mol. The summed E-state index contributed by atoms with van der Waals surface area (Å²) in [7, 11) is -1.24. The highest BCUT2D eigenvalue weighted by Crippen LogP contribution is 2.30. The van der Waals surface area contributed by atoms with Gasteiger partial charge in [-0.3, -0.25) is 0 Å². The lowest BCUT2D eigenvalue weighted by Gasteiger charge is -2.17. The lowest BCUT2D eigenvalue weighted by molar-refractivity contribution is 1.60. The minimum atomic E-state index is -1.24. The fourth-order valence-electron chi connectivity index (χ4n) is 3.48. The van der Waals surface area contributed by atoms with Gasteiger partial charge in [-0.05, 0) is 33.0 Å². The Bertz CT molecular complexity index is 1030. The van der Waals surface area contributed by atoms with Crippen molar-refractivity contribution in [3.05, 3.63) is 91.0 Å². The molecule has 4 rings (SSSR count). The molecule has 0 aromatic heterocycles. The minimum Gasteiger partial charge on any atom is -0.0656 e. The molecule has 0 aliphatic heterocycles. The predicted molar refractivity (Wildman–Crippen MR) is 118 cm³/mol. The molecule has 0 spiro atoms. The van der Waals surface area contributed by atoms with Crippen molar-refractivity contribution in [2.75, 3.05) is 0 Å². The minimum absolute atomic E-state index is 1.24. The predicted octanol–water partition coefficient (Wildman–Crippen LogP) is 6.72. The van der Waals surface area contributed by atoms with Crippen molar-refractivity contribution in [3.63, 3.8) is 0 Å². The Morgan fingerprint density at radius 3 is 1.69 bits per heavy atom. The van der Waals surface area contributed by atoms with Crippen LogP contribution in [-0.4, -0.2) is 8.07 Å². The van der Waals surface area contributed by atoms with Gasteiger partial charge in [-0.1, -0.05) is 116 Å². The fraction of sp³-hybridized carbons (Fsp3) is 0.120. The smallest absolute Gasteiger partial charge is 0.0656 e. The highest BCUT2D eigenvalue weighted by molar-refractivity contribution is 6.88. The van der Waals surface area contributed by atoms with Gasteiger partial charge in [0.1, 0.15) is 0 Å². The van der Waals surface area contributed by atoms with Gasteiger partial charge in [-0.2, -0.15) is 0 Å². The van der Waals surface area contributed by atoms with Crippen molar-refractivity contribution in [2.24, 2.45) is 0 Å². The van der Waals surface area contributed by atoms with E-state index in [1.54, 1.807) is 0 Å². The maximum atomic E-state index is 2.39. The molecule has 0 aliphatic rings. The van der Waals surface area contributed by atoms with Gasteiger partial charge in [-0.15, -0.1) is 0 Å². The maximum absolute atomic E-state index is 2.39. The molecule has 0 aliphatic carbocycles. The highest BCUT2D eigenvalue weighted by Gasteiger charge is 2.15. The lowest BCUT2D eigenvalue weighted by atomic mass is 9.96. The molecule has 4 aromatic carbocycles. The second kappa shape index (κ2) is 6.58. The van der Waals surface area contributed by atoms with Crippen LogP contribution in [0, 0.1) is 0 Å². The van der Waals surface area contributed by atoms with E-state index in [1.807, 2.05) is 0 Å². The number of rotatable bonds is 3. The maximum Gasteiger partial charge on any atom is 0.0775 e. The van der Waals surface area contributed by atoms with Crippen molar-refractivity contribution in [3.8, 4) is 22.3 Å². The summed E-state index contributed by atoms with van der Waals surface area (Å²) in [6.07, 6.45) is 0. The first kappa shape index (κ1) is 16.8. The molecule has 0 fully saturated rings. The third kappa shape index (κ3) is 3.23. The van der Waals surface area contributed by atoms with Crippen LogP contribution in [0.2, 0.25) is 19.6 Å². The third-order valence-electron chi connectivity index (χ3n) is 5.07. The molecule has 128 valence electrons. The molecule has 0 heterocycles. The molecule has 26 heavy (non-hydrogen) atoms. The zero-order chi connectivity index (χ0) is 18.1. The number of benzene rings is 4. The third-order valence-corrected chi connectivity index (χ3v) is 7.14.